The second-order valence-electron chi connectivity index (χ2n) is 6.03. The first-order valence-electron chi connectivity index (χ1n) is 7.85. The van der Waals surface area contributed by atoms with Crippen molar-refractivity contribution in [1.29, 1.82) is 0 Å². The van der Waals surface area contributed by atoms with Crippen molar-refractivity contribution in [2.45, 2.75) is 25.1 Å². The molecular formula is C16H17F3N4O2. The number of nitrogens with zero attached hydrogens (tertiary/aromatic N) is 4. The van der Waals surface area contributed by atoms with Gasteiger partial charge in [0.25, 0.3) is 11.5 Å². The summed E-state index contributed by atoms with van der Waals surface area (Å²) >= 11 is 0. The molecule has 1 aliphatic heterocycles. The molecule has 3 heterocycles. The highest BCUT2D eigenvalue weighted by molar-refractivity contribution is 5.92. The molecule has 0 bridgehead atoms. The van der Waals surface area contributed by atoms with E-state index in [-0.39, 0.29) is 29.7 Å². The molecule has 1 amide bonds. The Kier molecular flexibility index (Phi) is 4.40. The molecule has 3 rings (SSSR count). The monoisotopic (exact) mass is 354 g/mol. The maximum Gasteiger partial charge on any atom is 0.435 e. The van der Waals surface area contributed by atoms with Crippen molar-refractivity contribution in [3.05, 3.63) is 52.2 Å². The van der Waals surface area contributed by atoms with Crippen molar-refractivity contribution >= 4 is 5.91 Å². The van der Waals surface area contributed by atoms with Gasteiger partial charge in [0.15, 0.2) is 5.69 Å². The molecule has 0 aromatic carbocycles. The Labute approximate surface area is 141 Å². The van der Waals surface area contributed by atoms with E-state index in [1.165, 1.54) is 34.6 Å². The lowest BCUT2D eigenvalue weighted by molar-refractivity contribution is -0.141. The summed E-state index contributed by atoms with van der Waals surface area (Å²) in [6, 6.07) is 5.04. The zero-order valence-electron chi connectivity index (χ0n) is 13.5. The molecule has 9 heteroatoms. The lowest BCUT2D eigenvalue weighted by Crippen LogP contribution is -2.42. The van der Waals surface area contributed by atoms with E-state index in [1.807, 2.05) is 0 Å². The molecule has 0 radical (unpaired) electrons. The zero-order valence-corrected chi connectivity index (χ0v) is 13.5. The summed E-state index contributed by atoms with van der Waals surface area (Å²) in [4.78, 5) is 25.9. The summed E-state index contributed by atoms with van der Waals surface area (Å²) in [5.41, 5.74) is -0.979. The molecule has 1 fully saturated rings. The largest absolute Gasteiger partial charge is 0.435 e. The number of amides is 1. The molecule has 1 atom stereocenters. The van der Waals surface area contributed by atoms with Crippen LogP contribution in [0, 0.1) is 0 Å². The van der Waals surface area contributed by atoms with Gasteiger partial charge in [-0.05, 0) is 25.0 Å². The minimum absolute atomic E-state index is 0.251. The van der Waals surface area contributed by atoms with Crippen LogP contribution in [0.4, 0.5) is 13.2 Å². The first-order valence-corrected chi connectivity index (χ1v) is 7.85. The third-order valence-electron chi connectivity index (χ3n) is 4.36. The number of likely N-dealkylation sites (tertiary alicyclic amines) is 1. The summed E-state index contributed by atoms with van der Waals surface area (Å²) in [7, 11) is 1.51. The van der Waals surface area contributed by atoms with E-state index in [2.05, 4.69) is 5.10 Å². The van der Waals surface area contributed by atoms with E-state index in [1.54, 1.807) is 11.0 Å². The van der Waals surface area contributed by atoms with Gasteiger partial charge in [-0.2, -0.15) is 18.3 Å². The Morgan fingerprint density at radius 3 is 2.72 bits per heavy atom. The number of carbonyl (C=O) groups excluding carboxylic acids is 1. The number of carbonyl (C=O) groups is 1. The quantitative estimate of drug-likeness (QED) is 0.830. The average molecular weight is 354 g/mol. The molecule has 1 aliphatic rings. The standard InChI is InChI=1S/C16H17F3N4O2/c1-21-12(5-2-6-14(21)24)15(25)22-8-3-4-11(10-22)23-9-7-13(20-23)16(17,18)19/h2,5-7,9,11H,3-4,8,10H2,1H3. The van der Waals surface area contributed by atoms with E-state index in [4.69, 9.17) is 0 Å². The fraction of sp³-hybridized carbons (Fsp3) is 0.438. The molecule has 25 heavy (non-hydrogen) atoms. The van der Waals surface area contributed by atoms with Gasteiger partial charge in [0, 0.05) is 32.4 Å². The Bertz CT molecular complexity index is 840. The lowest BCUT2D eigenvalue weighted by Gasteiger charge is -2.33. The fourth-order valence-corrected chi connectivity index (χ4v) is 2.99. The van der Waals surface area contributed by atoms with Gasteiger partial charge in [-0.15, -0.1) is 0 Å². The predicted octanol–water partition coefficient (Wildman–Crippen LogP) is 2.08. The fourth-order valence-electron chi connectivity index (χ4n) is 2.99. The summed E-state index contributed by atoms with van der Waals surface area (Å²) < 4.78 is 40.6. The highest BCUT2D eigenvalue weighted by Gasteiger charge is 2.35. The second kappa shape index (κ2) is 6.38. The molecule has 0 spiro atoms. The highest BCUT2D eigenvalue weighted by Crippen LogP contribution is 2.29. The third-order valence-corrected chi connectivity index (χ3v) is 4.36. The smallest absolute Gasteiger partial charge is 0.335 e. The van der Waals surface area contributed by atoms with Crippen LogP contribution in [0.15, 0.2) is 35.3 Å². The number of halogens is 3. The van der Waals surface area contributed by atoms with E-state index in [0.717, 1.165) is 6.07 Å². The van der Waals surface area contributed by atoms with Crippen molar-refractivity contribution in [2.24, 2.45) is 7.05 Å². The van der Waals surface area contributed by atoms with Gasteiger partial charge in [0.1, 0.15) is 5.69 Å². The number of alkyl halides is 3. The van der Waals surface area contributed by atoms with Crippen LogP contribution in [0.3, 0.4) is 0 Å². The second-order valence-corrected chi connectivity index (χ2v) is 6.03. The Balaban J connectivity index is 1.79. The molecule has 0 saturated carbocycles. The molecule has 2 aromatic heterocycles. The van der Waals surface area contributed by atoms with Crippen LogP contribution < -0.4 is 5.56 Å². The van der Waals surface area contributed by atoms with Crippen molar-refractivity contribution in [1.82, 2.24) is 19.2 Å². The highest BCUT2D eigenvalue weighted by atomic mass is 19.4. The third kappa shape index (κ3) is 3.45. The van der Waals surface area contributed by atoms with Gasteiger partial charge in [0.05, 0.1) is 6.04 Å². The molecule has 0 N–H and O–H groups in total. The van der Waals surface area contributed by atoms with Gasteiger partial charge < -0.3 is 9.47 Å². The van der Waals surface area contributed by atoms with Gasteiger partial charge in [-0.1, -0.05) is 6.07 Å². The molecular weight excluding hydrogens is 337 g/mol. The average Bonchev–Trinajstić information content (AvgIpc) is 3.07. The minimum atomic E-state index is -4.49. The number of aromatic nitrogens is 3. The van der Waals surface area contributed by atoms with Gasteiger partial charge >= 0.3 is 6.18 Å². The number of rotatable bonds is 2. The van der Waals surface area contributed by atoms with E-state index >= 15 is 0 Å². The predicted molar refractivity (Wildman–Crippen MR) is 83.1 cm³/mol. The van der Waals surface area contributed by atoms with E-state index in [9.17, 15) is 22.8 Å². The molecule has 0 aliphatic carbocycles. The lowest BCUT2D eigenvalue weighted by atomic mass is 10.1. The summed E-state index contributed by atoms with van der Waals surface area (Å²) in [6.07, 6.45) is -1.91. The summed E-state index contributed by atoms with van der Waals surface area (Å²) in [5, 5.41) is 3.60. The molecule has 1 saturated heterocycles. The first-order chi connectivity index (χ1) is 11.8. The van der Waals surface area contributed by atoms with Crippen LogP contribution in [-0.2, 0) is 13.2 Å². The topological polar surface area (TPSA) is 60.1 Å². The molecule has 6 nitrogen and oxygen atoms in total. The van der Waals surface area contributed by atoms with Crippen molar-refractivity contribution in [3.63, 3.8) is 0 Å². The van der Waals surface area contributed by atoms with Crippen LogP contribution in [0.25, 0.3) is 0 Å². The normalized spacial score (nSPS) is 18.4. The molecule has 134 valence electrons. The molecule has 1 unspecified atom stereocenters. The Hall–Kier alpha value is -2.58. The number of piperidine rings is 1. The van der Waals surface area contributed by atoms with Crippen molar-refractivity contribution in [3.8, 4) is 0 Å². The van der Waals surface area contributed by atoms with Crippen LogP contribution in [0.1, 0.15) is 35.1 Å². The maximum absolute atomic E-state index is 12.7. The van der Waals surface area contributed by atoms with Gasteiger partial charge in [-0.25, -0.2) is 0 Å². The van der Waals surface area contributed by atoms with Crippen molar-refractivity contribution < 1.29 is 18.0 Å². The van der Waals surface area contributed by atoms with Crippen molar-refractivity contribution in [2.75, 3.05) is 13.1 Å². The SMILES string of the molecule is Cn1c(C(=O)N2CCCC(n3ccc(C(F)(F)F)n3)C2)cccc1=O. The van der Waals surface area contributed by atoms with Gasteiger partial charge in [-0.3, -0.25) is 14.3 Å². The van der Waals surface area contributed by atoms with Crippen LogP contribution >= 0.6 is 0 Å². The van der Waals surface area contributed by atoms with E-state index in [0.29, 0.717) is 19.4 Å². The number of hydrogen-bond acceptors (Lipinski definition) is 3. The minimum Gasteiger partial charge on any atom is -0.335 e. The number of hydrogen-bond donors (Lipinski definition) is 0. The zero-order chi connectivity index (χ0) is 18.2. The van der Waals surface area contributed by atoms with Crippen LogP contribution in [0.2, 0.25) is 0 Å². The summed E-state index contributed by atoms with van der Waals surface area (Å²) in [5.74, 6) is -0.312. The van der Waals surface area contributed by atoms with Gasteiger partial charge in [0.2, 0.25) is 0 Å². The van der Waals surface area contributed by atoms with Crippen LogP contribution in [0.5, 0.6) is 0 Å². The van der Waals surface area contributed by atoms with E-state index < -0.39 is 11.9 Å². The Morgan fingerprint density at radius 2 is 2.04 bits per heavy atom. The number of pyridine rings is 1. The Morgan fingerprint density at radius 1 is 1.28 bits per heavy atom. The first kappa shape index (κ1) is 17.2. The maximum atomic E-state index is 12.7. The summed E-state index contributed by atoms with van der Waals surface area (Å²) in [6.45, 7) is 0.743. The molecule has 2 aromatic rings. The van der Waals surface area contributed by atoms with Crippen LogP contribution in [-0.4, -0.2) is 38.2 Å².